The summed E-state index contributed by atoms with van der Waals surface area (Å²) in [5.74, 6) is -1.69. The van der Waals surface area contributed by atoms with Crippen LogP contribution in [0.2, 0.25) is 0 Å². The van der Waals surface area contributed by atoms with Gasteiger partial charge in [0.1, 0.15) is 11.5 Å². The number of benzene rings is 1. The first kappa shape index (κ1) is 15.0. The van der Waals surface area contributed by atoms with E-state index >= 15 is 0 Å². The van der Waals surface area contributed by atoms with Gasteiger partial charge in [-0.3, -0.25) is 9.59 Å². The van der Waals surface area contributed by atoms with Crippen LogP contribution >= 0.6 is 0 Å². The van der Waals surface area contributed by atoms with Gasteiger partial charge in [-0.2, -0.15) is 0 Å². The molecule has 0 spiro atoms. The summed E-state index contributed by atoms with van der Waals surface area (Å²) in [6.07, 6.45) is 0.308. The molecule has 0 aliphatic carbocycles. The maximum absolute atomic E-state index is 13.5. The van der Waals surface area contributed by atoms with E-state index in [1.807, 2.05) is 0 Å². The summed E-state index contributed by atoms with van der Waals surface area (Å²) in [6, 6.07) is 6.02. The lowest BCUT2D eigenvalue weighted by Crippen LogP contribution is -2.32. The molecule has 1 amide bonds. The number of carboxylic acids is 1. The average Bonchev–Trinajstić information content (AvgIpc) is 2.83. The average molecular weight is 292 g/mol. The Labute approximate surface area is 121 Å². The molecule has 0 unspecified atom stereocenters. The Kier molecular flexibility index (Phi) is 3.97. The molecule has 2 rings (SSSR count). The standard InChI is InChI=1S/C15H17FN2O3/c1-15(2,14(20)21)6-7-17-13(19)12-8-9-10(16)4-3-5-11(9)18-12/h3-5,8,18H,6-7H2,1-2H3,(H,17,19)(H,20,21). The van der Waals surface area contributed by atoms with E-state index in [0.29, 0.717) is 17.3 Å². The number of carbonyl (C=O) groups is 2. The fraction of sp³-hybridized carbons (Fsp3) is 0.333. The number of hydrogen-bond acceptors (Lipinski definition) is 2. The molecule has 21 heavy (non-hydrogen) atoms. The molecule has 1 heterocycles. The van der Waals surface area contributed by atoms with E-state index in [4.69, 9.17) is 5.11 Å². The third kappa shape index (κ3) is 3.21. The number of aromatic nitrogens is 1. The third-order valence-corrected chi connectivity index (χ3v) is 3.47. The van der Waals surface area contributed by atoms with Crippen LogP contribution in [0.15, 0.2) is 24.3 Å². The van der Waals surface area contributed by atoms with Gasteiger partial charge in [0.15, 0.2) is 0 Å². The van der Waals surface area contributed by atoms with E-state index in [0.717, 1.165) is 0 Å². The number of aromatic amines is 1. The van der Waals surface area contributed by atoms with Crippen molar-refractivity contribution in [2.75, 3.05) is 6.54 Å². The Morgan fingerprint density at radius 2 is 2.10 bits per heavy atom. The summed E-state index contributed by atoms with van der Waals surface area (Å²) in [7, 11) is 0. The van der Waals surface area contributed by atoms with Gasteiger partial charge in [0.25, 0.3) is 5.91 Å². The minimum absolute atomic E-state index is 0.232. The molecule has 0 saturated carbocycles. The molecule has 0 saturated heterocycles. The molecular formula is C15H17FN2O3. The van der Waals surface area contributed by atoms with Gasteiger partial charge < -0.3 is 15.4 Å². The largest absolute Gasteiger partial charge is 0.481 e. The fourth-order valence-corrected chi connectivity index (χ4v) is 1.93. The lowest BCUT2D eigenvalue weighted by atomic mass is 9.90. The number of aliphatic carboxylic acids is 1. The van der Waals surface area contributed by atoms with E-state index in [2.05, 4.69) is 10.3 Å². The molecule has 1 aromatic carbocycles. The molecule has 5 nitrogen and oxygen atoms in total. The zero-order valence-electron chi connectivity index (χ0n) is 11.9. The van der Waals surface area contributed by atoms with Gasteiger partial charge in [-0.05, 0) is 38.5 Å². The van der Waals surface area contributed by atoms with Gasteiger partial charge in [-0.1, -0.05) is 6.07 Å². The zero-order chi connectivity index (χ0) is 15.6. The maximum Gasteiger partial charge on any atom is 0.309 e. The summed E-state index contributed by atoms with van der Waals surface area (Å²) in [6.45, 7) is 3.43. The molecule has 0 aliphatic heterocycles. The van der Waals surface area contributed by atoms with Crippen molar-refractivity contribution in [1.82, 2.24) is 10.3 Å². The van der Waals surface area contributed by atoms with Crippen LogP contribution in [0.4, 0.5) is 4.39 Å². The van der Waals surface area contributed by atoms with E-state index < -0.39 is 17.2 Å². The number of amides is 1. The van der Waals surface area contributed by atoms with Crippen molar-refractivity contribution in [3.05, 3.63) is 35.8 Å². The maximum atomic E-state index is 13.5. The number of hydrogen-bond donors (Lipinski definition) is 3. The van der Waals surface area contributed by atoms with E-state index in [1.54, 1.807) is 26.0 Å². The minimum atomic E-state index is -0.913. The summed E-state index contributed by atoms with van der Waals surface area (Å²) >= 11 is 0. The summed E-state index contributed by atoms with van der Waals surface area (Å²) in [5, 5.41) is 12.0. The highest BCUT2D eigenvalue weighted by atomic mass is 19.1. The smallest absolute Gasteiger partial charge is 0.309 e. The Morgan fingerprint density at radius 3 is 2.71 bits per heavy atom. The van der Waals surface area contributed by atoms with Crippen LogP contribution < -0.4 is 5.32 Å². The highest BCUT2D eigenvalue weighted by Gasteiger charge is 2.26. The first-order valence-electron chi connectivity index (χ1n) is 6.60. The van der Waals surface area contributed by atoms with Gasteiger partial charge in [-0.25, -0.2) is 4.39 Å². The van der Waals surface area contributed by atoms with Crippen LogP contribution in [0.3, 0.4) is 0 Å². The number of H-pyrrole nitrogens is 1. The second-order valence-corrected chi connectivity index (χ2v) is 5.58. The van der Waals surface area contributed by atoms with Gasteiger partial charge in [0.05, 0.1) is 5.41 Å². The Morgan fingerprint density at radius 1 is 1.38 bits per heavy atom. The molecule has 0 radical (unpaired) electrons. The van der Waals surface area contributed by atoms with E-state index in [1.165, 1.54) is 12.1 Å². The normalized spacial score (nSPS) is 11.6. The number of halogens is 1. The minimum Gasteiger partial charge on any atom is -0.481 e. The van der Waals surface area contributed by atoms with Crippen LogP contribution in [-0.4, -0.2) is 28.5 Å². The monoisotopic (exact) mass is 292 g/mol. The van der Waals surface area contributed by atoms with Crippen molar-refractivity contribution in [1.29, 1.82) is 0 Å². The number of carboxylic acid groups (broad SMARTS) is 1. The molecule has 0 bridgehead atoms. The van der Waals surface area contributed by atoms with Gasteiger partial charge in [0, 0.05) is 17.4 Å². The van der Waals surface area contributed by atoms with Crippen LogP contribution in [0.1, 0.15) is 30.8 Å². The summed E-state index contributed by atoms with van der Waals surface area (Å²) in [4.78, 5) is 25.8. The van der Waals surface area contributed by atoms with Gasteiger partial charge >= 0.3 is 5.97 Å². The molecule has 112 valence electrons. The highest BCUT2D eigenvalue weighted by molar-refractivity contribution is 5.98. The van der Waals surface area contributed by atoms with Crippen LogP contribution in [0.5, 0.6) is 0 Å². The lowest BCUT2D eigenvalue weighted by Gasteiger charge is -2.18. The zero-order valence-corrected chi connectivity index (χ0v) is 11.9. The SMILES string of the molecule is CC(C)(CCNC(=O)c1cc2c(F)cccc2[nH]1)C(=O)O. The fourth-order valence-electron chi connectivity index (χ4n) is 1.93. The molecule has 0 atom stereocenters. The molecule has 3 N–H and O–H groups in total. The predicted octanol–water partition coefficient (Wildman–Crippen LogP) is 2.54. The summed E-state index contributed by atoms with van der Waals surface area (Å²) < 4.78 is 13.5. The van der Waals surface area contributed by atoms with Crippen LogP contribution in [0, 0.1) is 11.2 Å². The second kappa shape index (κ2) is 5.55. The topological polar surface area (TPSA) is 82.2 Å². The first-order chi connectivity index (χ1) is 9.81. The molecule has 0 aliphatic rings. The Hall–Kier alpha value is -2.37. The lowest BCUT2D eigenvalue weighted by molar-refractivity contribution is -0.147. The van der Waals surface area contributed by atoms with Crippen molar-refractivity contribution in [2.24, 2.45) is 5.41 Å². The summed E-state index contributed by atoms with van der Waals surface area (Å²) in [5.41, 5.74) is -0.103. The molecule has 1 aromatic heterocycles. The van der Waals surface area contributed by atoms with E-state index in [9.17, 15) is 14.0 Å². The predicted molar refractivity (Wildman–Crippen MR) is 76.6 cm³/mol. The van der Waals surface area contributed by atoms with Crippen molar-refractivity contribution in [3.63, 3.8) is 0 Å². The number of carbonyl (C=O) groups excluding carboxylic acids is 1. The molecule has 6 heteroatoms. The Bertz CT molecular complexity index is 691. The number of fused-ring (bicyclic) bond motifs is 1. The third-order valence-electron chi connectivity index (χ3n) is 3.47. The van der Waals surface area contributed by atoms with Crippen molar-refractivity contribution in [3.8, 4) is 0 Å². The molecule has 2 aromatic rings. The van der Waals surface area contributed by atoms with Gasteiger partial charge in [-0.15, -0.1) is 0 Å². The quantitative estimate of drug-likeness (QED) is 0.792. The van der Waals surface area contributed by atoms with Crippen molar-refractivity contribution < 1.29 is 19.1 Å². The second-order valence-electron chi connectivity index (χ2n) is 5.58. The van der Waals surface area contributed by atoms with Crippen molar-refractivity contribution >= 4 is 22.8 Å². The van der Waals surface area contributed by atoms with Crippen LogP contribution in [0.25, 0.3) is 10.9 Å². The number of rotatable bonds is 5. The highest BCUT2D eigenvalue weighted by Crippen LogP contribution is 2.20. The number of nitrogens with one attached hydrogen (secondary N) is 2. The van der Waals surface area contributed by atoms with E-state index in [-0.39, 0.29) is 18.1 Å². The van der Waals surface area contributed by atoms with Gasteiger partial charge in [0.2, 0.25) is 0 Å². The van der Waals surface area contributed by atoms with Crippen LogP contribution in [-0.2, 0) is 4.79 Å². The molecule has 0 fully saturated rings. The molecular weight excluding hydrogens is 275 g/mol. The van der Waals surface area contributed by atoms with Crippen molar-refractivity contribution in [2.45, 2.75) is 20.3 Å². The first-order valence-corrected chi connectivity index (χ1v) is 6.60. The Balaban J connectivity index is 2.03.